The number of rotatable bonds is 0. The lowest BCUT2D eigenvalue weighted by atomic mass is 9.84. The molecule has 3 N–H and O–H groups in total. The molecule has 0 aliphatic carbocycles. The van der Waals surface area contributed by atoms with Crippen LogP contribution in [0.4, 0.5) is 0 Å². The van der Waals surface area contributed by atoms with Crippen LogP contribution in [0.3, 0.4) is 0 Å². The summed E-state index contributed by atoms with van der Waals surface area (Å²) in [5.74, 6) is 5.52. The summed E-state index contributed by atoms with van der Waals surface area (Å²) in [6, 6.07) is 0. The fourth-order valence-electron chi connectivity index (χ4n) is 1.21. The molecule has 0 aromatic rings. The summed E-state index contributed by atoms with van der Waals surface area (Å²) in [6.45, 7) is 6.15. The second-order valence-corrected chi connectivity index (χ2v) is 4.03. The second kappa shape index (κ2) is 2.92. The maximum atomic E-state index is 9.65. The summed E-state index contributed by atoms with van der Waals surface area (Å²) in [6.07, 6.45) is 4.72. The molecule has 1 rings (SSSR count). The normalized spacial score (nSPS) is 24.2. The number of nitrogens with two attached hydrogens (primary N) is 1. The summed E-state index contributed by atoms with van der Waals surface area (Å²) in [4.78, 5) is 0. The molecule has 1 atom stereocenters. The highest BCUT2D eigenvalue weighted by atomic mass is 16.3. The standard InChI is InChI=1S/C9H16N2O/c1-9(2,3)7-5-4-6-11(10)8(7)12/h4-6,8,12H,10H2,1-3H3. The first-order valence-corrected chi connectivity index (χ1v) is 4.03. The van der Waals surface area contributed by atoms with E-state index in [4.69, 9.17) is 5.84 Å². The van der Waals surface area contributed by atoms with Crippen LogP contribution < -0.4 is 5.84 Å². The number of hydrogen-bond donors (Lipinski definition) is 2. The molecule has 0 aromatic heterocycles. The van der Waals surface area contributed by atoms with E-state index in [1.165, 1.54) is 5.01 Å². The van der Waals surface area contributed by atoms with Crippen LogP contribution in [0.1, 0.15) is 20.8 Å². The molecule has 0 aromatic carbocycles. The predicted octanol–water partition coefficient (Wildman–Crippen LogP) is 0.980. The molecule has 0 radical (unpaired) electrons. The van der Waals surface area contributed by atoms with Crippen LogP contribution in [0.25, 0.3) is 0 Å². The third-order valence-corrected chi connectivity index (χ3v) is 1.96. The van der Waals surface area contributed by atoms with Crippen molar-refractivity contribution >= 4 is 0 Å². The Kier molecular flexibility index (Phi) is 2.26. The van der Waals surface area contributed by atoms with Crippen LogP contribution in [0.5, 0.6) is 0 Å². The summed E-state index contributed by atoms with van der Waals surface area (Å²) in [7, 11) is 0. The number of hydrazine groups is 1. The minimum Gasteiger partial charge on any atom is -0.368 e. The van der Waals surface area contributed by atoms with Gasteiger partial charge in [-0.3, -0.25) is 5.01 Å². The molecule has 1 unspecified atom stereocenters. The van der Waals surface area contributed by atoms with E-state index in [9.17, 15) is 5.11 Å². The zero-order chi connectivity index (χ0) is 9.35. The Morgan fingerprint density at radius 3 is 2.50 bits per heavy atom. The van der Waals surface area contributed by atoms with Crippen LogP contribution in [0, 0.1) is 5.41 Å². The quantitative estimate of drug-likeness (QED) is 0.530. The lowest BCUT2D eigenvalue weighted by Gasteiger charge is -2.33. The second-order valence-electron chi connectivity index (χ2n) is 4.03. The van der Waals surface area contributed by atoms with Crippen molar-refractivity contribution in [3.05, 3.63) is 23.9 Å². The molecule has 0 fully saturated rings. The minimum atomic E-state index is -0.685. The summed E-state index contributed by atoms with van der Waals surface area (Å²) in [5, 5.41) is 11.0. The first kappa shape index (κ1) is 9.29. The monoisotopic (exact) mass is 168 g/mol. The zero-order valence-electron chi connectivity index (χ0n) is 7.78. The van der Waals surface area contributed by atoms with Gasteiger partial charge in [-0.25, -0.2) is 5.84 Å². The first-order chi connectivity index (χ1) is 5.43. The smallest absolute Gasteiger partial charge is 0.162 e. The van der Waals surface area contributed by atoms with Crippen molar-refractivity contribution in [3.8, 4) is 0 Å². The molecule has 0 bridgehead atoms. The maximum Gasteiger partial charge on any atom is 0.162 e. The van der Waals surface area contributed by atoms with Gasteiger partial charge in [0.15, 0.2) is 6.23 Å². The van der Waals surface area contributed by atoms with Gasteiger partial charge in [0.1, 0.15) is 0 Å². The molecule has 0 saturated carbocycles. The lowest BCUT2D eigenvalue weighted by molar-refractivity contribution is 0.0514. The summed E-state index contributed by atoms with van der Waals surface area (Å²) >= 11 is 0. The van der Waals surface area contributed by atoms with Gasteiger partial charge in [0.05, 0.1) is 0 Å². The van der Waals surface area contributed by atoms with Crippen molar-refractivity contribution in [1.82, 2.24) is 5.01 Å². The van der Waals surface area contributed by atoms with Crippen LogP contribution >= 0.6 is 0 Å². The van der Waals surface area contributed by atoms with Crippen molar-refractivity contribution in [2.75, 3.05) is 0 Å². The van der Waals surface area contributed by atoms with Crippen LogP contribution in [-0.4, -0.2) is 16.3 Å². The highest BCUT2D eigenvalue weighted by molar-refractivity contribution is 5.24. The van der Waals surface area contributed by atoms with Gasteiger partial charge in [-0.1, -0.05) is 26.8 Å². The van der Waals surface area contributed by atoms with E-state index >= 15 is 0 Å². The van der Waals surface area contributed by atoms with E-state index < -0.39 is 6.23 Å². The predicted molar refractivity (Wildman–Crippen MR) is 48.7 cm³/mol. The topological polar surface area (TPSA) is 49.5 Å². The van der Waals surface area contributed by atoms with Crippen LogP contribution in [0.15, 0.2) is 23.9 Å². The van der Waals surface area contributed by atoms with Crippen molar-refractivity contribution in [2.24, 2.45) is 11.3 Å². The van der Waals surface area contributed by atoms with Crippen LogP contribution in [0.2, 0.25) is 0 Å². The molecule has 1 aliphatic heterocycles. The molecule has 0 saturated heterocycles. The Labute approximate surface area is 73.1 Å². The van der Waals surface area contributed by atoms with Gasteiger partial charge in [0.25, 0.3) is 0 Å². The van der Waals surface area contributed by atoms with Gasteiger partial charge in [0.2, 0.25) is 0 Å². The average Bonchev–Trinajstić information content (AvgIpc) is 1.92. The van der Waals surface area contributed by atoms with Crippen LogP contribution in [-0.2, 0) is 0 Å². The number of nitrogens with zero attached hydrogens (tertiary/aromatic N) is 1. The van der Waals surface area contributed by atoms with E-state index in [1.807, 2.05) is 12.2 Å². The Balaban J connectivity index is 2.90. The summed E-state index contributed by atoms with van der Waals surface area (Å²) < 4.78 is 0. The van der Waals surface area contributed by atoms with Gasteiger partial charge in [-0.2, -0.15) is 0 Å². The number of aliphatic hydroxyl groups is 1. The number of allylic oxidation sites excluding steroid dienone is 2. The molecule has 1 aliphatic rings. The van der Waals surface area contributed by atoms with E-state index in [0.29, 0.717) is 0 Å². The zero-order valence-corrected chi connectivity index (χ0v) is 7.78. The molecule has 12 heavy (non-hydrogen) atoms. The van der Waals surface area contributed by atoms with Crippen molar-refractivity contribution in [3.63, 3.8) is 0 Å². The molecule has 3 heteroatoms. The van der Waals surface area contributed by atoms with E-state index in [1.54, 1.807) is 6.20 Å². The Morgan fingerprint density at radius 2 is 2.08 bits per heavy atom. The van der Waals surface area contributed by atoms with Crippen molar-refractivity contribution in [2.45, 2.75) is 27.0 Å². The van der Waals surface area contributed by atoms with E-state index in [0.717, 1.165) is 5.57 Å². The third kappa shape index (κ3) is 1.68. The fraction of sp³-hybridized carbons (Fsp3) is 0.556. The van der Waals surface area contributed by atoms with E-state index in [-0.39, 0.29) is 5.41 Å². The Bertz CT molecular complexity index is 225. The highest BCUT2D eigenvalue weighted by Crippen LogP contribution is 2.30. The summed E-state index contributed by atoms with van der Waals surface area (Å²) in [5.41, 5.74) is 0.898. The molecular formula is C9H16N2O. The SMILES string of the molecule is CC(C)(C)C1=CC=CN(N)C1O. The third-order valence-electron chi connectivity index (χ3n) is 1.96. The van der Waals surface area contributed by atoms with E-state index in [2.05, 4.69) is 20.8 Å². The molecule has 3 nitrogen and oxygen atoms in total. The molecule has 0 spiro atoms. The van der Waals surface area contributed by atoms with Gasteiger partial charge in [0, 0.05) is 6.20 Å². The minimum absolute atomic E-state index is 0.0399. The molecule has 1 heterocycles. The van der Waals surface area contributed by atoms with Gasteiger partial charge >= 0.3 is 0 Å². The largest absolute Gasteiger partial charge is 0.368 e. The molecular weight excluding hydrogens is 152 g/mol. The number of aliphatic hydroxyl groups excluding tert-OH is 1. The lowest BCUT2D eigenvalue weighted by Crippen LogP contribution is -2.42. The van der Waals surface area contributed by atoms with Gasteiger partial charge < -0.3 is 5.11 Å². The fourth-order valence-corrected chi connectivity index (χ4v) is 1.21. The van der Waals surface area contributed by atoms with Gasteiger partial charge in [-0.15, -0.1) is 0 Å². The number of hydrogen-bond acceptors (Lipinski definition) is 3. The molecule has 68 valence electrons. The van der Waals surface area contributed by atoms with Crippen molar-refractivity contribution < 1.29 is 5.11 Å². The first-order valence-electron chi connectivity index (χ1n) is 4.03. The van der Waals surface area contributed by atoms with Gasteiger partial charge in [-0.05, 0) is 17.1 Å². The maximum absolute atomic E-state index is 9.65. The highest BCUT2D eigenvalue weighted by Gasteiger charge is 2.26. The Hall–Kier alpha value is -0.800. The average molecular weight is 168 g/mol. The Morgan fingerprint density at radius 1 is 1.50 bits per heavy atom. The van der Waals surface area contributed by atoms with Crippen molar-refractivity contribution in [1.29, 1.82) is 0 Å². The molecule has 0 amide bonds.